The fraction of sp³-hybridized carbons (Fsp3) is 0.441. The number of likely N-dealkylation sites (tertiary alicyclic amines) is 1. The van der Waals surface area contributed by atoms with Gasteiger partial charge in [0.25, 0.3) is 0 Å². The first-order valence-electron chi connectivity index (χ1n) is 16.0. The standard InChI is InChI=1S/C34H40N6O8S/c1-46-26-10-11-29(47-2)28(18-26)40-20-23(17-31(40)42)33(44)35-24-8-6-22(7-9-24)27-21-38(37-36-27)14-16-48-15-12-25(41)5-4-13-39-32(43)19-30(49-3)34(39)45/h6-11,18,21,23,30H,4-5,12-17,19-20H2,1-3H3,(H,35,44). The van der Waals surface area contributed by atoms with E-state index in [9.17, 15) is 24.0 Å². The van der Waals surface area contributed by atoms with Crippen LogP contribution in [0.25, 0.3) is 11.3 Å². The maximum absolute atomic E-state index is 13.1. The summed E-state index contributed by atoms with van der Waals surface area (Å²) in [6.07, 6.45) is 4.91. The predicted molar refractivity (Wildman–Crippen MR) is 182 cm³/mol. The Bertz CT molecular complexity index is 1680. The largest absolute Gasteiger partial charge is 0.497 e. The maximum atomic E-state index is 13.1. The highest BCUT2D eigenvalue weighted by molar-refractivity contribution is 8.00. The summed E-state index contributed by atoms with van der Waals surface area (Å²) >= 11 is 1.38. The Morgan fingerprint density at radius 2 is 1.76 bits per heavy atom. The van der Waals surface area contributed by atoms with E-state index in [1.165, 1.54) is 23.8 Å². The first-order chi connectivity index (χ1) is 23.7. The lowest BCUT2D eigenvalue weighted by atomic mass is 10.1. The lowest BCUT2D eigenvalue weighted by molar-refractivity contribution is -0.138. The average molecular weight is 693 g/mol. The molecule has 1 aromatic heterocycles. The number of anilines is 2. The molecule has 15 heteroatoms. The number of hydrogen-bond donors (Lipinski definition) is 1. The van der Waals surface area contributed by atoms with Crippen LogP contribution in [0.3, 0.4) is 0 Å². The van der Waals surface area contributed by atoms with Gasteiger partial charge in [-0.25, -0.2) is 4.68 Å². The molecule has 0 radical (unpaired) electrons. The van der Waals surface area contributed by atoms with Crippen molar-refractivity contribution in [3.05, 3.63) is 48.7 Å². The summed E-state index contributed by atoms with van der Waals surface area (Å²) in [5.74, 6) is -0.158. The normalized spacial score (nSPS) is 17.6. The molecule has 2 unspecified atom stereocenters. The van der Waals surface area contributed by atoms with Gasteiger partial charge < -0.3 is 24.4 Å². The number of aromatic nitrogens is 3. The summed E-state index contributed by atoms with van der Waals surface area (Å²) in [6.45, 7) is 1.56. The summed E-state index contributed by atoms with van der Waals surface area (Å²) in [7, 11) is 3.07. The number of ether oxygens (including phenoxy) is 3. The third-order valence-corrected chi connectivity index (χ3v) is 9.41. The van der Waals surface area contributed by atoms with E-state index >= 15 is 0 Å². The van der Waals surface area contributed by atoms with Crippen LogP contribution in [-0.2, 0) is 35.3 Å². The molecule has 14 nitrogen and oxygen atoms in total. The molecule has 2 saturated heterocycles. The summed E-state index contributed by atoms with van der Waals surface area (Å²) in [5.41, 5.74) is 2.61. The van der Waals surface area contributed by atoms with E-state index in [2.05, 4.69) is 15.6 Å². The van der Waals surface area contributed by atoms with Crippen LogP contribution in [0, 0.1) is 5.92 Å². The SMILES string of the molecule is COc1ccc(OC)c(N2CC(C(=O)Nc3ccc(-c4cn(CCOCCC(=O)CCCN5C(=O)CC(SC)C5=O)nn4)cc3)CC2=O)c1. The second-order valence-corrected chi connectivity index (χ2v) is 12.7. The van der Waals surface area contributed by atoms with Crippen LogP contribution < -0.4 is 19.7 Å². The quantitative estimate of drug-likeness (QED) is 0.163. The van der Waals surface area contributed by atoms with Gasteiger partial charge in [0.2, 0.25) is 23.6 Å². The van der Waals surface area contributed by atoms with Crippen LogP contribution in [0.5, 0.6) is 11.5 Å². The first kappa shape index (κ1) is 35.5. The lowest BCUT2D eigenvalue weighted by Gasteiger charge is -2.20. The van der Waals surface area contributed by atoms with Gasteiger partial charge in [0.15, 0.2) is 0 Å². The number of nitrogens with zero attached hydrogens (tertiary/aromatic N) is 5. The zero-order chi connectivity index (χ0) is 34.9. The minimum atomic E-state index is -0.532. The molecular weight excluding hydrogens is 652 g/mol. The van der Waals surface area contributed by atoms with Crippen molar-refractivity contribution < 1.29 is 38.2 Å². The van der Waals surface area contributed by atoms with Crippen LogP contribution in [0.1, 0.15) is 32.1 Å². The van der Waals surface area contributed by atoms with E-state index in [1.807, 2.05) is 18.4 Å². The molecule has 1 N–H and O–H groups in total. The molecule has 260 valence electrons. The molecular formula is C34H40N6O8S. The number of ketones is 1. The topological polar surface area (TPSA) is 162 Å². The van der Waals surface area contributed by atoms with Crippen LogP contribution in [0.4, 0.5) is 11.4 Å². The monoisotopic (exact) mass is 692 g/mol. The summed E-state index contributed by atoms with van der Waals surface area (Å²) in [6, 6.07) is 12.4. The minimum absolute atomic E-state index is 0.0239. The Balaban J connectivity index is 1.01. The molecule has 3 heterocycles. The molecule has 2 aliphatic rings. The molecule has 5 rings (SSSR count). The van der Waals surface area contributed by atoms with Crippen molar-refractivity contribution in [2.24, 2.45) is 5.92 Å². The number of rotatable bonds is 17. The van der Waals surface area contributed by atoms with Gasteiger partial charge in [0, 0.05) is 56.1 Å². The van der Waals surface area contributed by atoms with Crippen molar-refractivity contribution in [1.29, 1.82) is 0 Å². The van der Waals surface area contributed by atoms with Gasteiger partial charge in [-0.2, -0.15) is 11.8 Å². The number of methoxy groups -OCH3 is 2. The average Bonchev–Trinajstić information content (AvgIpc) is 3.82. The smallest absolute Gasteiger partial charge is 0.242 e. The van der Waals surface area contributed by atoms with Crippen LogP contribution >= 0.6 is 11.8 Å². The van der Waals surface area contributed by atoms with Crippen LogP contribution in [0.15, 0.2) is 48.7 Å². The van der Waals surface area contributed by atoms with E-state index in [4.69, 9.17) is 14.2 Å². The lowest BCUT2D eigenvalue weighted by Crippen LogP contribution is -2.32. The molecule has 2 aliphatic heterocycles. The highest BCUT2D eigenvalue weighted by Crippen LogP contribution is 2.36. The number of thioether (sulfide) groups is 1. The zero-order valence-corrected chi connectivity index (χ0v) is 28.6. The molecule has 2 atom stereocenters. The molecule has 4 amide bonds. The second-order valence-electron chi connectivity index (χ2n) is 11.7. The van der Waals surface area contributed by atoms with Gasteiger partial charge in [-0.3, -0.25) is 28.9 Å². The van der Waals surface area contributed by atoms with Gasteiger partial charge >= 0.3 is 0 Å². The molecule has 2 aromatic carbocycles. The number of hydrogen-bond acceptors (Lipinski definition) is 11. The van der Waals surface area contributed by atoms with Gasteiger partial charge in [-0.15, -0.1) is 5.10 Å². The Morgan fingerprint density at radius 1 is 0.959 bits per heavy atom. The molecule has 49 heavy (non-hydrogen) atoms. The molecule has 0 bridgehead atoms. The van der Waals surface area contributed by atoms with Crippen molar-refractivity contribution in [1.82, 2.24) is 19.9 Å². The molecule has 0 spiro atoms. The van der Waals surface area contributed by atoms with E-state index in [1.54, 1.807) is 53.2 Å². The first-order valence-corrected chi connectivity index (χ1v) is 17.3. The van der Waals surface area contributed by atoms with E-state index in [0.29, 0.717) is 48.1 Å². The van der Waals surface area contributed by atoms with Crippen molar-refractivity contribution in [3.8, 4) is 22.8 Å². The minimum Gasteiger partial charge on any atom is -0.497 e. The number of Topliss-reactive ketones (excluding diaryl/α,β-unsaturated/α-hetero) is 1. The van der Waals surface area contributed by atoms with Crippen molar-refractivity contribution in [3.63, 3.8) is 0 Å². The van der Waals surface area contributed by atoms with E-state index in [-0.39, 0.29) is 80.0 Å². The zero-order valence-electron chi connectivity index (χ0n) is 27.8. The maximum Gasteiger partial charge on any atom is 0.242 e. The predicted octanol–water partition coefficient (Wildman–Crippen LogP) is 3.20. The molecule has 0 saturated carbocycles. The van der Waals surface area contributed by atoms with Crippen molar-refractivity contribution >= 4 is 52.5 Å². The van der Waals surface area contributed by atoms with E-state index in [0.717, 1.165) is 5.56 Å². The second kappa shape index (κ2) is 16.6. The fourth-order valence-corrected chi connectivity index (χ4v) is 6.35. The number of amides is 4. The van der Waals surface area contributed by atoms with E-state index < -0.39 is 5.92 Å². The van der Waals surface area contributed by atoms with Gasteiger partial charge in [-0.05, 0) is 36.9 Å². The molecule has 0 aliphatic carbocycles. The number of carbonyl (C=O) groups excluding carboxylic acids is 5. The van der Waals surface area contributed by atoms with Gasteiger partial charge in [0.1, 0.15) is 23.0 Å². The fourth-order valence-electron chi connectivity index (χ4n) is 5.71. The van der Waals surface area contributed by atoms with Crippen molar-refractivity contribution in [2.75, 3.05) is 57.0 Å². The Kier molecular flexibility index (Phi) is 12.0. The summed E-state index contributed by atoms with van der Waals surface area (Å²) in [4.78, 5) is 65.1. The Hall–Kier alpha value is -4.76. The number of nitrogens with one attached hydrogen (secondary N) is 1. The van der Waals surface area contributed by atoms with Crippen molar-refractivity contribution in [2.45, 2.75) is 43.9 Å². The van der Waals surface area contributed by atoms with Crippen LogP contribution in [-0.4, -0.2) is 101 Å². The highest BCUT2D eigenvalue weighted by atomic mass is 32.2. The molecule has 3 aromatic rings. The third kappa shape index (κ3) is 8.83. The summed E-state index contributed by atoms with van der Waals surface area (Å²) < 4.78 is 18.0. The third-order valence-electron chi connectivity index (χ3n) is 8.47. The number of benzene rings is 2. The highest BCUT2D eigenvalue weighted by Gasteiger charge is 2.38. The van der Waals surface area contributed by atoms with Gasteiger partial charge in [0.05, 0.1) is 57.0 Å². The Morgan fingerprint density at radius 3 is 2.47 bits per heavy atom. The Labute approximate surface area is 288 Å². The molecule has 2 fully saturated rings. The summed E-state index contributed by atoms with van der Waals surface area (Å²) in [5, 5.41) is 11.0. The van der Waals surface area contributed by atoms with Gasteiger partial charge in [-0.1, -0.05) is 17.3 Å². The van der Waals surface area contributed by atoms with Crippen LogP contribution in [0.2, 0.25) is 0 Å². The number of carbonyl (C=O) groups is 5. The number of imide groups is 1.